The molecule has 5 nitrogen and oxygen atoms in total. The number of nitrogens with zero attached hydrogens (tertiary/aromatic N) is 3. The van der Waals surface area contributed by atoms with Crippen LogP contribution in [0, 0.1) is 6.92 Å². The van der Waals surface area contributed by atoms with Gasteiger partial charge in [0.15, 0.2) is 0 Å². The van der Waals surface area contributed by atoms with Gasteiger partial charge in [0.2, 0.25) is 0 Å². The summed E-state index contributed by atoms with van der Waals surface area (Å²) >= 11 is 0. The molecule has 19 heavy (non-hydrogen) atoms. The van der Waals surface area contributed by atoms with Gasteiger partial charge in [-0.1, -0.05) is 20.8 Å². The Hall–Kier alpha value is -1.36. The molecule has 1 unspecified atom stereocenters. The first-order chi connectivity index (χ1) is 8.72. The molecule has 0 saturated heterocycles. The first-order valence-electron chi connectivity index (χ1n) is 6.63. The number of aromatic nitrogens is 2. The first-order valence-corrected chi connectivity index (χ1v) is 6.63. The minimum Gasteiger partial charge on any atom is -0.394 e. The van der Waals surface area contributed by atoms with Gasteiger partial charge >= 0.3 is 0 Å². The Morgan fingerprint density at radius 2 is 1.89 bits per heavy atom. The van der Waals surface area contributed by atoms with Crippen LogP contribution >= 0.6 is 0 Å². The van der Waals surface area contributed by atoms with Crippen molar-refractivity contribution >= 4 is 11.6 Å². The van der Waals surface area contributed by atoms with Gasteiger partial charge in [-0.05, 0) is 13.8 Å². The minimum absolute atomic E-state index is 0.0196. The summed E-state index contributed by atoms with van der Waals surface area (Å²) in [5.41, 5.74) is 0.885. The second-order valence-electron chi connectivity index (χ2n) is 5.99. The van der Waals surface area contributed by atoms with Crippen LogP contribution in [0.3, 0.4) is 0 Å². The second-order valence-corrected chi connectivity index (χ2v) is 5.99. The van der Waals surface area contributed by atoms with E-state index in [2.05, 4.69) is 36.1 Å². The fourth-order valence-corrected chi connectivity index (χ4v) is 1.76. The van der Waals surface area contributed by atoms with Gasteiger partial charge in [0, 0.05) is 25.1 Å². The summed E-state index contributed by atoms with van der Waals surface area (Å²) in [5, 5.41) is 12.4. The summed E-state index contributed by atoms with van der Waals surface area (Å²) in [4.78, 5) is 11.3. The van der Waals surface area contributed by atoms with Crippen LogP contribution in [0.5, 0.6) is 0 Å². The average Bonchev–Trinajstić information content (AvgIpc) is 2.35. The molecule has 0 aromatic carbocycles. The van der Waals surface area contributed by atoms with Crippen LogP contribution in [0.15, 0.2) is 0 Å². The topological polar surface area (TPSA) is 61.3 Å². The minimum atomic E-state index is -0.114. The molecule has 1 aromatic heterocycles. The first kappa shape index (κ1) is 15.7. The Kier molecular flexibility index (Phi) is 4.74. The van der Waals surface area contributed by atoms with Crippen molar-refractivity contribution in [1.82, 2.24) is 9.97 Å². The molecule has 1 rings (SSSR count). The van der Waals surface area contributed by atoms with E-state index in [1.54, 1.807) is 0 Å². The molecule has 0 fully saturated rings. The van der Waals surface area contributed by atoms with Crippen LogP contribution < -0.4 is 10.2 Å². The number of aliphatic hydroxyl groups excluding tert-OH is 1. The third-order valence-electron chi connectivity index (χ3n) is 3.29. The fourth-order valence-electron chi connectivity index (χ4n) is 1.76. The van der Waals surface area contributed by atoms with E-state index in [4.69, 9.17) is 0 Å². The van der Waals surface area contributed by atoms with Crippen molar-refractivity contribution in [3.63, 3.8) is 0 Å². The van der Waals surface area contributed by atoms with Crippen molar-refractivity contribution in [2.75, 3.05) is 30.9 Å². The quantitative estimate of drug-likeness (QED) is 0.872. The predicted molar refractivity (Wildman–Crippen MR) is 80.0 cm³/mol. The van der Waals surface area contributed by atoms with Crippen molar-refractivity contribution in [1.29, 1.82) is 0 Å². The number of anilines is 2. The van der Waals surface area contributed by atoms with E-state index >= 15 is 0 Å². The SMILES string of the molecule is CNc1nc(C(C)(C)C)nc(N(C)C(C)CO)c1C. The third-order valence-corrected chi connectivity index (χ3v) is 3.29. The lowest BCUT2D eigenvalue weighted by Gasteiger charge is -2.28. The molecule has 1 heterocycles. The van der Waals surface area contributed by atoms with E-state index in [9.17, 15) is 5.11 Å². The van der Waals surface area contributed by atoms with Crippen molar-refractivity contribution in [3.8, 4) is 0 Å². The summed E-state index contributed by atoms with van der Waals surface area (Å²) in [7, 11) is 3.81. The zero-order chi connectivity index (χ0) is 14.8. The lowest BCUT2D eigenvalue weighted by atomic mass is 9.95. The molecule has 0 amide bonds. The molecule has 0 spiro atoms. The largest absolute Gasteiger partial charge is 0.394 e. The number of likely N-dealkylation sites (N-methyl/N-ethyl adjacent to an activating group) is 1. The maximum atomic E-state index is 9.31. The van der Waals surface area contributed by atoms with Gasteiger partial charge in [0.1, 0.15) is 17.5 Å². The molecule has 108 valence electrons. The summed E-state index contributed by atoms with van der Waals surface area (Å²) in [5.74, 6) is 2.51. The highest BCUT2D eigenvalue weighted by Crippen LogP contribution is 2.28. The molecule has 0 radical (unpaired) electrons. The zero-order valence-electron chi connectivity index (χ0n) is 13.1. The summed E-state index contributed by atoms with van der Waals surface area (Å²) in [6.07, 6.45) is 0. The zero-order valence-corrected chi connectivity index (χ0v) is 13.1. The van der Waals surface area contributed by atoms with E-state index in [1.165, 1.54) is 0 Å². The Balaban J connectivity index is 3.37. The maximum absolute atomic E-state index is 9.31. The summed E-state index contributed by atoms with van der Waals surface area (Å²) < 4.78 is 0. The number of aliphatic hydroxyl groups is 1. The van der Waals surface area contributed by atoms with Crippen LogP contribution in [0.2, 0.25) is 0 Å². The van der Waals surface area contributed by atoms with Crippen molar-refractivity contribution in [2.45, 2.75) is 46.1 Å². The van der Waals surface area contributed by atoms with Crippen molar-refractivity contribution < 1.29 is 5.11 Å². The number of hydrogen-bond acceptors (Lipinski definition) is 5. The Bertz CT molecular complexity index is 440. The fraction of sp³-hybridized carbons (Fsp3) is 0.714. The van der Waals surface area contributed by atoms with E-state index in [0.717, 1.165) is 23.0 Å². The Labute approximate surface area is 116 Å². The normalized spacial score (nSPS) is 13.3. The molecule has 1 atom stereocenters. The van der Waals surface area contributed by atoms with Gasteiger partial charge in [-0.15, -0.1) is 0 Å². The molecule has 2 N–H and O–H groups in total. The van der Waals surface area contributed by atoms with Crippen LogP contribution in [0.25, 0.3) is 0 Å². The van der Waals surface area contributed by atoms with Crippen LogP contribution in [0.1, 0.15) is 39.1 Å². The Morgan fingerprint density at radius 3 is 2.32 bits per heavy atom. The average molecular weight is 266 g/mol. The lowest BCUT2D eigenvalue weighted by molar-refractivity contribution is 0.269. The molecular weight excluding hydrogens is 240 g/mol. The maximum Gasteiger partial charge on any atom is 0.138 e. The van der Waals surface area contributed by atoms with Gasteiger partial charge in [0.05, 0.1) is 12.6 Å². The van der Waals surface area contributed by atoms with Gasteiger partial charge in [-0.25, -0.2) is 9.97 Å². The molecule has 0 aliphatic carbocycles. The van der Waals surface area contributed by atoms with Gasteiger partial charge in [-0.3, -0.25) is 0 Å². The third kappa shape index (κ3) is 3.35. The lowest BCUT2D eigenvalue weighted by Crippen LogP contribution is -2.34. The summed E-state index contributed by atoms with van der Waals surface area (Å²) in [6.45, 7) is 10.3. The van der Waals surface area contributed by atoms with Gasteiger partial charge < -0.3 is 15.3 Å². The predicted octanol–water partition coefficient (Wildman–Crippen LogP) is 1.94. The van der Waals surface area contributed by atoms with Gasteiger partial charge in [-0.2, -0.15) is 0 Å². The van der Waals surface area contributed by atoms with E-state index < -0.39 is 0 Å². The highest BCUT2D eigenvalue weighted by atomic mass is 16.3. The van der Waals surface area contributed by atoms with E-state index in [0.29, 0.717) is 0 Å². The van der Waals surface area contributed by atoms with E-state index in [-0.39, 0.29) is 18.1 Å². The smallest absolute Gasteiger partial charge is 0.138 e. The van der Waals surface area contributed by atoms with Crippen LogP contribution in [-0.2, 0) is 5.41 Å². The number of rotatable bonds is 4. The molecule has 0 bridgehead atoms. The molecule has 0 aliphatic rings. The molecule has 1 aromatic rings. The molecule has 0 saturated carbocycles. The van der Waals surface area contributed by atoms with Crippen molar-refractivity contribution in [3.05, 3.63) is 11.4 Å². The van der Waals surface area contributed by atoms with Gasteiger partial charge in [0.25, 0.3) is 0 Å². The number of hydrogen-bond donors (Lipinski definition) is 2. The van der Waals surface area contributed by atoms with Crippen LogP contribution in [-0.4, -0.2) is 41.8 Å². The molecule has 0 aliphatic heterocycles. The van der Waals surface area contributed by atoms with Crippen molar-refractivity contribution in [2.24, 2.45) is 0 Å². The summed E-state index contributed by atoms with van der Waals surface area (Å²) in [6, 6.07) is 0.0196. The van der Waals surface area contributed by atoms with E-state index in [1.807, 2.05) is 32.8 Å². The van der Waals surface area contributed by atoms with Crippen LogP contribution in [0.4, 0.5) is 11.6 Å². The highest BCUT2D eigenvalue weighted by molar-refractivity contribution is 5.58. The molecular formula is C14H26N4O. The monoisotopic (exact) mass is 266 g/mol. The second kappa shape index (κ2) is 5.74. The standard InChI is InChI=1S/C14H26N4O/c1-9(8-19)18(7)12-10(2)11(15-6)16-13(17-12)14(3,4)5/h9,19H,8H2,1-7H3,(H,15,16,17). The Morgan fingerprint density at radius 1 is 1.32 bits per heavy atom. The number of nitrogens with one attached hydrogen (secondary N) is 1. The molecule has 5 heteroatoms. The highest BCUT2D eigenvalue weighted by Gasteiger charge is 2.23.